The van der Waals surface area contributed by atoms with Gasteiger partial charge in [0.25, 0.3) is 0 Å². The molecule has 2 heterocycles. The van der Waals surface area contributed by atoms with E-state index >= 15 is 0 Å². The summed E-state index contributed by atoms with van der Waals surface area (Å²) in [6.45, 7) is 0. The molecule has 0 fully saturated rings. The number of benzene rings is 3. The van der Waals surface area contributed by atoms with Gasteiger partial charge in [0.1, 0.15) is 5.65 Å². The highest BCUT2D eigenvalue weighted by molar-refractivity contribution is 6.01. The van der Waals surface area contributed by atoms with E-state index in [1.54, 1.807) is 0 Å². The Hall–Kier alpha value is -3.34. The first-order valence-electron chi connectivity index (χ1n) is 8.49. The smallest absolute Gasteiger partial charge is 0.292 e. The van der Waals surface area contributed by atoms with Crippen LogP contribution in [0.25, 0.3) is 38.7 Å². The molecule has 0 saturated heterocycles. The van der Waals surface area contributed by atoms with Crippen molar-refractivity contribution in [2.75, 3.05) is 0 Å². The number of rotatable bonds is 1. The van der Waals surface area contributed by atoms with Crippen molar-refractivity contribution in [3.63, 3.8) is 0 Å². The largest absolute Gasteiger partial charge is 0.416 e. The molecule has 5 aromatic rings. The van der Waals surface area contributed by atoms with Crippen molar-refractivity contribution < 1.29 is 13.2 Å². The van der Waals surface area contributed by atoms with E-state index in [4.69, 9.17) is 4.98 Å². The maximum absolute atomic E-state index is 12.9. The second-order valence-electron chi connectivity index (χ2n) is 6.45. The molecular weight excluding hydrogens is 349 g/mol. The summed E-state index contributed by atoms with van der Waals surface area (Å²) in [6, 6.07) is 22.9. The van der Waals surface area contributed by atoms with Crippen LogP contribution in [0.1, 0.15) is 5.56 Å². The SMILES string of the molecule is FC(F)(F)c1ccc(-c2cc3ccccc3c3nc4ccccc4n23)cc1. The fourth-order valence-electron chi connectivity index (χ4n) is 3.53. The minimum atomic E-state index is -4.35. The van der Waals surface area contributed by atoms with Gasteiger partial charge in [-0.1, -0.05) is 48.5 Å². The lowest BCUT2D eigenvalue weighted by Gasteiger charge is -2.12. The molecule has 0 aliphatic heterocycles. The molecule has 0 spiro atoms. The van der Waals surface area contributed by atoms with Gasteiger partial charge in [-0.3, -0.25) is 4.40 Å². The number of imidazole rings is 1. The van der Waals surface area contributed by atoms with Crippen LogP contribution >= 0.6 is 0 Å². The average molecular weight is 362 g/mol. The molecule has 2 nitrogen and oxygen atoms in total. The first-order valence-corrected chi connectivity index (χ1v) is 8.49. The van der Waals surface area contributed by atoms with E-state index in [2.05, 4.69) is 0 Å². The highest BCUT2D eigenvalue weighted by Gasteiger charge is 2.30. The molecule has 132 valence electrons. The summed E-state index contributed by atoms with van der Waals surface area (Å²) in [7, 11) is 0. The molecule has 5 heteroatoms. The summed E-state index contributed by atoms with van der Waals surface area (Å²) in [5, 5.41) is 2.00. The van der Waals surface area contributed by atoms with Crippen molar-refractivity contribution in [3.8, 4) is 11.3 Å². The molecule has 0 aliphatic carbocycles. The molecule has 0 aliphatic rings. The van der Waals surface area contributed by atoms with Gasteiger partial charge in [0, 0.05) is 5.39 Å². The monoisotopic (exact) mass is 362 g/mol. The van der Waals surface area contributed by atoms with Crippen LogP contribution in [0, 0.1) is 0 Å². The van der Waals surface area contributed by atoms with Gasteiger partial charge in [-0.25, -0.2) is 4.98 Å². The van der Waals surface area contributed by atoms with Crippen LogP contribution < -0.4 is 0 Å². The van der Waals surface area contributed by atoms with Gasteiger partial charge in [0.15, 0.2) is 0 Å². The Morgan fingerprint density at radius 2 is 1.48 bits per heavy atom. The maximum atomic E-state index is 12.9. The van der Waals surface area contributed by atoms with Crippen molar-refractivity contribution >= 4 is 27.5 Å². The number of nitrogens with zero attached hydrogens (tertiary/aromatic N) is 2. The van der Waals surface area contributed by atoms with Gasteiger partial charge in [-0.15, -0.1) is 0 Å². The molecule has 0 N–H and O–H groups in total. The lowest BCUT2D eigenvalue weighted by molar-refractivity contribution is -0.137. The number of fused-ring (bicyclic) bond motifs is 5. The first-order chi connectivity index (χ1) is 13.0. The molecule has 0 radical (unpaired) electrons. The highest BCUT2D eigenvalue weighted by atomic mass is 19.4. The number of hydrogen-bond acceptors (Lipinski definition) is 1. The molecule has 3 aromatic carbocycles. The van der Waals surface area contributed by atoms with Crippen LogP contribution in [0.15, 0.2) is 78.9 Å². The first kappa shape index (κ1) is 15.9. The lowest BCUT2D eigenvalue weighted by atomic mass is 10.0. The molecule has 5 rings (SSSR count). The Morgan fingerprint density at radius 3 is 2.26 bits per heavy atom. The molecule has 0 amide bonds. The quantitative estimate of drug-likeness (QED) is 0.341. The number of para-hydroxylation sites is 2. The summed E-state index contributed by atoms with van der Waals surface area (Å²) in [4.78, 5) is 4.77. The molecule has 27 heavy (non-hydrogen) atoms. The third-order valence-corrected chi connectivity index (χ3v) is 4.80. The zero-order valence-electron chi connectivity index (χ0n) is 14.0. The van der Waals surface area contributed by atoms with Gasteiger partial charge in [-0.05, 0) is 41.3 Å². The summed E-state index contributed by atoms with van der Waals surface area (Å²) in [5.41, 5.74) is 3.44. The summed E-state index contributed by atoms with van der Waals surface area (Å²) in [6.07, 6.45) is -4.35. The normalized spacial score (nSPS) is 12.3. The van der Waals surface area contributed by atoms with Gasteiger partial charge in [0.05, 0.1) is 22.3 Å². The summed E-state index contributed by atoms with van der Waals surface area (Å²) >= 11 is 0. The third-order valence-electron chi connectivity index (χ3n) is 4.80. The highest BCUT2D eigenvalue weighted by Crippen LogP contribution is 2.34. The Bertz CT molecular complexity index is 1300. The van der Waals surface area contributed by atoms with E-state index in [0.717, 1.165) is 45.3 Å². The van der Waals surface area contributed by atoms with E-state index in [9.17, 15) is 13.2 Å². The summed E-state index contributed by atoms with van der Waals surface area (Å²) in [5.74, 6) is 0. The van der Waals surface area contributed by atoms with Crippen molar-refractivity contribution in [2.24, 2.45) is 0 Å². The third kappa shape index (κ3) is 2.46. The molecule has 0 saturated carbocycles. The number of aromatic nitrogens is 2. The molecular formula is C22H13F3N2. The number of pyridine rings is 1. The van der Waals surface area contributed by atoms with Crippen molar-refractivity contribution in [1.29, 1.82) is 0 Å². The Labute approximate surface area is 152 Å². The standard InChI is InChI=1S/C22H13F3N2/c23-22(24,25)16-11-9-14(10-12-16)20-13-15-5-1-2-6-17(15)21-26-18-7-3-4-8-19(18)27(20)21/h1-13H. The molecule has 2 aromatic heterocycles. The van der Waals surface area contributed by atoms with Crippen LogP contribution in [-0.2, 0) is 6.18 Å². The average Bonchev–Trinajstić information content (AvgIpc) is 3.07. The number of halogens is 3. The minimum Gasteiger partial charge on any atom is -0.292 e. The topological polar surface area (TPSA) is 17.3 Å². The van der Waals surface area contributed by atoms with E-state index in [1.165, 1.54) is 12.1 Å². The second-order valence-corrected chi connectivity index (χ2v) is 6.45. The van der Waals surface area contributed by atoms with Crippen LogP contribution in [0.4, 0.5) is 13.2 Å². The van der Waals surface area contributed by atoms with Crippen LogP contribution in [0.3, 0.4) is 0 Å². The Kier molecular flexibility index (Phi) is 3.28. The predicted molar refractivity (Wildman–Crippen MR) is 101 cm³/mol. The number of alkyl halides is 3. The van der Waals surface area contributed by atoms with E-state index < -0.39 is 11.7 Å². The molecule has 0 atom stereocenters. The van der Waals surface area contributed by atoms with E-state index in [-0.39, 0.29) is 0 Å². The predicted octanol–water partition coefficient (Wildman–Crippen LogP) is 6.33. The fraction of sp³-hybridized carbons (Fsp3) is 0.0455. The Balaban J connectivity index is 1.87. The van der Waals surface area contributed by atoms with Crippen LogP contribution in [0.5, 0.6) is 0 Å². The van der Waals surface area contributed by atoms with Crippen molar-refractivity contribution in [3.05, 3.63) is 84.4 Å². The molecule has 0 bridgehead atoms. The molecule has 0 unspecified atom stereocenters. The second kappa shape index (κ2) is 5.58. The zero-order valence-corrected chi connectivity index (χ0v) is 14.0. The van der Waals surface area contributed by atoms with Crippen molar-refractivity contribution in [2.45, 2.75) is 6.18 Å². The lowest BCUT2D eigenvalue weighted by Crippen LogP contribution is -2.04. The van der Waals surface area contributed by atoms with Crippen LogP contribution in [0.2, 0.25) is 0 Å². The van der Waals surface area contributed by atoms with Gasteiger partial charge in [0.2, 0.25) is 0 Å². The maximum Gasteiger partial charge on any atom is 0.416 e. The zero-order chi connectivity index (χ0) is 18.6. The van der Waals surface area contributed by atoms with E-state index in [0.29, 0.717) is 5.56 Å². The minimum absolute atomic E-state index is 0.654. The van der Waals surface area contributed by atoms with Crippen LogP contribution in [-0.4, -0.2) is 9.38 Å². The van der Waals surface area contributed by atoms with E-state index in [1.807, 2.05) is 59.0 Å². The fourth-order valence-corrected chi connectivity index (χ4v) is 3.53. The van der Waals surface area contributed by atoms with Crippen molar-refractivity contribution in [1.82, 2.24) is 9.38 Å². The van der Waals surface area contributed by atoms with Gasteiger partial charge in [-0.2, -0.15) is 13.2 Å². The van der Waals surface area contributed by atoms with Gasteiger partial charge < -0.3 is 0 Å². The number of hydrogen-bond donors (Lipinski definition) is 0. The summed E-state index contributed by atoms with van der Waals surface area (Å²) < 4.78 is 40.8. The van der Waals surface area contributed by atoms with Gasteiger partial charge >= 0.3 is 6.18 Å². The Morgan fingerprint density at radius 1 is 0.778 bits per heavy atom.